The number of rotatable bonds is 8. The van der Waals surface area contributed by atoms with Crippen molar-refractivity contribution in [1.82, 2.24) is 4.98 Å². The van der Waals surface area contributed by atoms with Gasteiger partial charge in [-0.05, 0) is 23.6 Å². The number of pyridine rings is 1. The Hall–Kier alpha value is -3.70. The summed E-state index contributed by atoms with van der Waals surface area (Å²) < 4.78 is 11.6. The predicted molar refractivity (Wildman–Crippen MR) is 121 cm³/mol. The van der Waals surface area contributed by atoms with Crippen molar-refractivity contribution in [3.63, 3.8) is 0 Å². The second-order valence-corrected chi connectivity index (χ2v) is 7.34. The molecule has 156 valence electrons. The van der Waals surface area contributed by atoms with Crippen LogP contribution in [0, 0.1) is 0 Å². The van der Waals surface area contributed by atoms with Crippen LogP contribution in [0.1, 0.15) is 21.5 Å². The maximum atomic E-state index is 13.0. The van der Waals surface area contributed by atoms with Crippen LogP contribution < -0.4 is 10.5 Å². The molecule has 4 rings (SSSR count). The van der Waals surface area contributed by atoms with E-state index in [1.807, 2.05) is 84.9 Å². The van der Waals surface area contributed by atoms with E-state index in [0.717, 1.165) is 11.1 Å². The van der Waals surface area contributed by atoms with E-state index in [2.05, 4.69) is 4.98 Å². The van der Waals surface area contributed by atoms with Gasteiger partial charge >= 0.3 is 5.97 Å². The SMILES string of the molecule is N[C@@H](COc1cnc2ccccc2c1C(=O)OCc1ccccc1)Cc1ccccc1. The number of hydrogen-bond acceptors (Lipinski definition) is 5. The standard InChI is InChI=1S/C26H24N2O3/c27-21(15-19-9-3-1-4-10-19)18-30-24-16-28-23-14-8-7-13-22(23)25(24)26(29)31-17-20-11-5-2-6-12-20/h1-14,16,21H,15,17-18,27H2/t21-/m1/s1. The zero-order chi connectivity index (χ0) is 21.5. The van der Waals surface area contributed by atoms with Crippen LogP contribution in [0.15, 0.2) is 91.1 Å². The van der Waals surface area contributed by atoms with Crippen molar-refractivity contribution >= 4 is 16.9 Å². The Balaban J connectivity index is 1.53. The summed E-state index contributed by atoms with van der Waals surface area (Å²) in [6, 6.07) is 26.8. The van der Waals surface area contributed by atoms with Gasteiger partial charge in [-0.1, -0.05) is 78.9 Å². The summed E-state index contributed by atoms with van der Waals surface area (Å²) in [4.78, 5) is 17.5. The van der Waals surface area contributed by atoms with Crippen LogP contribution in [0.4, 0.5) is 0 Å². The number of carbonyl (C=O) groups excluding carboxylic acids is 1. The maximum Gasteiger partial charge on any atom is 0.343 e. The van der Waals surface area contributed by atoms with Crippen molar-refractivity contribution < 1.29 is 14.3 Å². The fourth-order valence-electron chi connectivity index (χ4n) is 3.41. The number of hydrogen-bond donors (Lipinski definition) is 1. The first kappa shape index (κ1) is 20.6. The molecule has 0 saturated heterocycles. The Morgan fingerprint density at radius 1 is 0.871 bits per heavy atom. The molecule has 0 amide bonds. The summed E-state index contributed by atoms with van der Waals surface area (Å²) >= 11 is 0. The zero-order valence-electron chi connectivity index (χ0n) is 17.1. The van der Waals surface area contributed by atoms with Gasteiger partial charge in [-0.2, -0.15) is 0 Å². The first-order valence-electron chi connectivity index (χ1n) is 10.2. The summed E-state index contributed by atoms with van der Waals surface area (Å²) in [7, 11) is 0. The number of ether oxygens (including phenoxy) is 2. The molecule has 3 aromatic carbocycles. The Morgan fingerprint density at radius 2 is 1.52 bits per heavy atom. The average molecular weight is 412 g/mol. The van der Waals surface area contributed by atoms with Gasteiger partial charge in [0, 0.05) is 11.4 Å². The van der Waals surface area contributed by atoms with E-state index in [0.29, 0.717) is 28.6 Å². The normalized spacial score (nSPS) is 11.8. The van der Waals surface area contributed by atoms with Crippen molar-refractivity contribution in [3.05, 3.63) is 108 Å². The van der Waals surface area contributed by atoms with Gasteiger partial charge in [-0.25, -0.2) is 4.79 Å². The molecular formula is C26H24N2O3. The number of fused-ring (bicyclic) bond motifs is 1. The third kappa shape index (κ3) is 5.27. The van der Waals surface area contributed by atoms with Gasteiger partial charge in [-0.15, -0.1) is 0 Å². The minimum absolute atomic E-state index is 0.184. The quantitative estimate of drug-likeness (QED) is 0.430. The molecule has 5 nitrogen and oxygen atoms in total. The van der Waals surface area contributed by atoms with Crippen LogP contribution in [0.3, 0.4) is 0 Å². The van der Waals surface area contributed by atoms with Crippen molar-refractivity contribution in [1.29, 1.82) is 0 Å². The molecule has 0 radical (unpaired) electrons. The average Bonchev–Trinajstić information content (AvgIpc) is 2.82. The molecule has 0 bridgehead atoms. The molecule has 0 aliphatic heterocycles. The lowest BCUT2D eigenvalue weighted by Crippen LogP contribution is -2.30. The van der Waals surface area contributed by atoms with Gasteiger partial charge in [0.05, 0.1) is 11.7 Å². The fraction of sp³-hybridized carbons (Fsp3) is 0.154. The summed E-state index contributed by atoms with van der Waals surface area (Å²) in [5, 5.41) is 0.690. The Labute approximate surface area is 181 Å². The zero-order valence-corrected chi connectivity index (χ0v) is 17.1. The number of nitrogens with zero attached hydrogens (tertiary/aromatic N) is 1. The van der Waals surface area contributed by atoms with Gasteiger partial charge in [0.15, 0.2) is 5.75 Å². The van der Waals surface area contributed by atoms with Gasteiger partial charge in [0.1, 0.15) is 18.8 Å². The maximum absolute atomic E-state index is 13.0. The van der Waals surface area contributed by atoms with E-state index in [-0.39, 0.29) is 19.3 Å². The summed E-state index contributed by atoms with van der Waals surface area (Å²) in [5.74, 6) is -0.0747. The second-order valence-electron chi connectivity index (χ2n) is 7.34. The molecule has 1 atom stereocenters. The molecular weight excluding hydrogens is 388 g/mol. The highest BCUT2D eigenvalue weighted by molar-refractivity contribution is 6.05. The molecule has 31 heavy (non-hydrogen) atoms. The first-order valence-corrected chi connectivity index (χ1v) is 10.2. The van der Waals surface area contributed by atoms with Crippen LogP contribution in [-0.2, 0) is 17.8 Å². The fourth-order valence-corrected chi connectivity index (χ4v) is 3.41. The summed E-state index contributed by atoms with van der Waals surface area (Å²) in [5.41, 5.74) is 9.39. The third-order valence-electron chi connectivity index (χ3n) is 4.95. The highest BCUT2D eigenvalue weighted by atomic mass is 16.5. The number of aromatic nitrogens is 1. The van der Waals surface area contributed by atoms with Gasteiger partial charge in [0.2, 0.25) is 0 Å². The monoisotopic (exact) mass is 412 g/mol. The minimum atomic E-state index is -0.450. The van der Waals surface area contributed by atoms with Gasteiger partial charge in [-0.3, -0.25) is 4.98 Å². The van der Waals surface area contributed by atoms with E-state index >= 15 is 0 Å². The summed E-state index contributed by atoms with van der Waals surface area (Å²) in [6.07, 6.45) is 2.24. The number of para-hydroxylation sites is 1. The molecule has 1 heterocycles. The Kier molecular flexibility index (Phi) is 6.55. The molecule has 5 heteroatoms. The van der Waals surface area contributed by atoms with Gasteiger partial charge < -0.3 is 15.2 Å². The van der Waals surface area contributed by atoms with Crippen molar-refractivity contribution in [2.45, 2.75) is 19.1 Å². The molecule has 0 aliphatic carbocycles. The second kappa shape index (κ2) is 9.87. The number of benzene rings is 3. The summed E-state index contributed by atoms with van der Waals surface area (Å²) in [6.45, 7) is 0.442. The number of carbonyl (C=O) groups is 1. The smallest absolute Gasteiger partial charge is 0.343 e. The minimum Gasteiger partial charge on any atom is -0.489 e. The molecule has 0 unspecified atom stereocenters. The Morgan fingerprint density at radius 3 is 2.26 bits per heavy atom. The molecule has 0 aliphatic rings. The third-order valence-corrected chi connectivity index (χ3v) is 4.95. The van der Waals surface area contributed by atoms with E-state index in [4.69, 9.17) is 15.2 Å². The van der Waals surface area contributed by atoms with E-state index in [1.54, 1.807) is 6.20 Å². The van der Waals surface area contributed by atoms with Crippen LogP contribution in [0.25, 0.3) is 10.9 Å². The molecule has 1 aromatic heterocycles. The first-order chi connectivity index (χ1) is 15.2. The lowest BCUT2D eigenvalue weighted by Gasteiger charge is -2.16. The van der Waals surface area contributed by atoms with Crippen LogP contribution >= 0.6 is 0 Å². The topological polar surface area (TPSA) is 74.4 Å². The molecule has 0 saturated carbocycles. The van der Waals surface area contributed by atoms with Crippen molar-refractivity contribution in [2.75, 3.05) is 6.61 Å². The largest absolute Gasteiger partial charge is 0.489 e. The molecule has 4 aromatic rings. The van der Waals surface area contributed by atoms with Crippen molar-refractivity contribution in [3.8, 4) is 5.75 Å². The predicted octanol–water partition coefficient (Wildman–Crippen LogP) is 4.54. The van der Waals surface area contributed by atoms with E-state index < -0.39 is 5.97 Å². The van der Waals surface area contributed by atoms with Crippen LogP contribution in [0.5, 0.6) is 5.75 Å². The van der Waals surface area contributed by atoms with Crippen LogP contribution in [0.2, 0.25) is 0 Å². The van der Waals surface area contributed by atoms with E-state index in [9.17, 15) is 4.79 Å². The highest BCUT2D eigenvalue weighted by Crippen LogP contribution is 2.27. The van der Waals surface area contributed by atoms with E-state index in [1.165, 1.54) is 0 Å². The number of nitrogens with two attached hydrogens (primary N) is 1. The van der Waals surface area contributed by atoms with Crippen LogP contribution in [-0.4, -0.2) is 23.6 Å². The molecule has 2 N–H and O–H groups in total. The van der Waals surface area contributed by atoms with Crippen molar-refractivity contribution in [2.24, 2.45) is 5.73 Å². The van der Waals surface area contributed by atoms with Gasteiger partial charge in [0.25, 0.3) is 0 Å². The Bertz CT molecular complexity index is 1150. The number of esters is 1. The lowest BCUT2D eigenvalue weighted by molar-refractivity contribution is 0.0470. The molecule has 0 spiro atoms. The highest BCUT2D eigenvalue weighted by Gasteiger charge is 2.20. The lowest BCUT2D eigenvalue weighted by atomic mass is 10.1. The molecule has 0 fully saturated rings.